The van der Waals surface area contributed by atoms with Gasteiger partial charge in [0.15, 0.2) is 0 Å². The Labute approximate surface area is 186 Å². The molecule has 32 heavy (non-hydrogen) atoms. The molecule has 0 radical (unpaired) electrons. The summed E-state index contributed by atoms with van der Waals surface area (Å²) in [5.41, 5.74) is 11.5. The molecule has 0 heteroatoms. The highest BCUT2D eigenvalue weighted by molar-refractivity contribution is 6.30. The second-order valence-electron chi connectivity index (χ2n) is 9.25. The van der Waals surface area contributed by atoms with Crippen LogP contribution in [0.4, 0.5) is 0 Å². The van der Waals surface area contributed by atoms with Crippen LogP contribution < -0.4 is 0 Å². The van der Waals surface area contributed by atoms with Crippen molar-refractivity contribution in [2.24, 2.45) is 0 Å². The van der Waals surface area contributed by atoms with E-state index < -0.39 is 0 Å². The van der Waals surface area contributed by atoms with Crippen LogP contribution >= 0.6 is 0 Å². The van der Waals surface area contributed by atoms with Crippen molar-refractivity contribution in [2.45, 2.75) is 12.8 Å². The summed E-state index contributed by atoms with van der Waals surface area (Å²) < 4.78 is 0. The predicted octanol–water partition coefficient (Wildman–Crippen LogP) is 8.29. The van der Waals surface area contributed by atoms with E-state index in [0.717, 1.165) is 12.8 Å². The van der Waals surface area contributed by atoms with Crippen LogP contribution in [0.25, 0.3) is 54.6 Å². The second-order valence-corrected chi connectivity index (χ2v) is 9.25. The minimum Gasteiger partial charge on any atom is -0.0619 e. The molecule has 0 aromatic heterocycles. The van der Waals surface area contributed by atoms with E-state index in [2.05, 4.69) is 97.1 Å². The highest BCUT2D eigenvalue weighted by Crippen LogP contribution is 2.50. The summed E-state index contributed by atoms with van der Waals surface area (Å²) in [6.45, 7) is 0. The van der Waals surface area contributed by atoms with Gasteiger partial charge in [-0.2, -0.15) is 0 Å². The van der Waals surface area contributed by atoms with Gasteiger partial charge in [-0.05, 0) is 89.7 Å². The van der Waals surface area contributed by atoms with Gasteiger partial charge in [-0.25, -0.2) is 0 Å². The van der Waals surface area contributed by atoms with Crippen molar-refractivity contribution in [1.29, 1.82) is 0 Å². The summed E-state index contributed by atoms with van der Waals surface area (Å²) in [6.07, 6.45) is 2.05. The lowest BCUT2D eigenvalue weighted by Gasteiger charge is -2.17. The van der Waals surface area contributed by atoms with Crippen LogP contribution in [0.15, 0.2) is 97.1 Å². The van der Waals surface area contributed by atoms with Gasteiger partial charge in [0.05, 0.1) is 0 Å². The van der Waals surface area contributed by atoms with Crippen molar-refractivity contribution in [1.82, 2.24) is 0 Å². The molecule has 0 saturated carbocycles. The number of hydrogen-bond acceptors (Lipinski definition) is 0. The van der Waals surface area contributed by atoms with Gasteiger partial charge < -0.3 is 0 Å². The van der Waals surface area contributed by atoms with E-state index in [-0.39, 0.29) is 0 Å². The summed E-state index contributed by atoms with van der Waals surface area (Å²) in [5, 5.41) is 8.40. The molecule has 0 spiro atoms. The van der Waals surface area contributed by atoms with E-state index >= 15 is 0 Å². The molecule has 0 bridgehead atoms. The van der Waals surface area contributed by atoms with Crippen LogP contribution in [-0.4, -0.2) is 0 Å². The molecule has 0 amide bonds. The molecule has 0 atom stereocenters. The zero-order valence-corrected chi connectivity index (χ0v) is 17.7. The quantitative estimate of drug-likeness (QED) is 0.223. The smallest absolute Gasteiger partial charge is 0.000705 e. The molecule has 0 nitrogen and oxygen atoms in total. The van der Waals surface area contributed by atoms with E-state index in [4.69, 9.17) is 0 Å². The maximum atomic E-state index is 2.38. The van der Waals surface area contributed by atoms with Gasteiger partial charge in [0.25, 0.3) is 0 Å². The molecular weight excluding hydrogens is 384 g/mol. The fraction of sp³-hybridized carbons (Fsp3) is 0.0625. The number of rotatable bonds is 0. The molecule has 8 rings (SSSR count). The predicted molar refractivity (Wildman–Crippen MR) is 135 cm³/mol. The Morgan fingerprint density at radius 3 is 1.81 bits per heavy atom. The third-order valence-electron chi connectivity index (χ3n) is 7.70. The van der Waals surface area contributed by atoms with Crippen molar-refractivity contribution in [3.63, 3.8) is 0 Å². The van der Waals surface area contributed by atoms with Gasteiger partial charge in [-0.15, -0.1) is 0 Å². The maximum Gasteiger partial charge on any atom is -0.000705 e. The SMILES string of the molecule is c1ccc2c(c1)Cc1c-2ccc2c3ccccc3c3ccc4c(c3c12)-c1ccccc1C4. The van der Waals surface area contributed by atoms with Crippen LogP contribution in [0.1, 0.15) is 22.3 Å². The van der Waals surface area contributed by atoms with E-state index in [9.17, 15) is 0 Å². The third kappa shape index (κ3) is 1.98. The monoisotopic (exact) mass is 404 g/mol. The summed E-state index contributed by atoms with van der Waals surface area (Å²) in [6, 6.07) is 36.3. The lowest BCUT2D eigenvalue weighted by atomic mass is 9.86. The Balaban J connectivity index is 1.66. The normalized spacial score (nSPS) is 13.4. The zero-order chi connectivity index (χ0) is 20.8. The molecule has 0 heterocycles. The van der Waals surface area contributed by atoms with Gasteiger partial charge >= 0.3 is 0 Å². The fourth-order valence-corrected chi connectivity index (χ4v) is 6.38. The van der Waals surface area contributed by atoms with E-state index in [0.29, 0.717) is 0 Å². The Kier molecular flexibility index (Phi) is 3.07. The first-order valence-corrected chi connectivity index (χ1v) is 11.5. The van der Waals surface area contributed by atoms with Crippen LogP contribution in [0.5, 0.6) is 0 Å². The van der Waals surface area contributed by atoms with E-state index in [1.54, 1.807) is 0 Å². The molecule has 0 fully saturated rings. The van der Waals surface area contributed by atoms with E-state index in [1.807, 2.05) is 0 Å². The Morgan fingerprint density at radius 1 is 0.375 bits per heavy atom. The van der Waals surface area contributed by atoms with Gasteiger partial charge in [0, 0.05) is 0 Å². The van der Waals surface area contributed by atoms with Crippen LogP contribution in [-0.2, 0) is 12.8 Å². The van der Waals surface area contributed by atoms with Gasteiger partial charge in [0.1, 0.15) is 0 Å². The van der Waals surface area contributed by atoms with Gasteiger partial charge in [-0.3, -0.25) is 0 Å². The summed E-state index contributed by atoms with van der Waals surface area (Å²) in [7, 11) is 0. The lowest BCUT2D eigenvalue weighted by molar-refractivity contribution is 1.27. The first-order chi connectivity index (χ1) is 15.9. The van der Waals surface area contributed by atoms with Crippen molar-refractivity contribution in [2.75, 3.05) is 0 Å². The average molecular weight is 405 g/mol. The summed E-state index contributed by atoms with van der Waals surface area (Å²) >= 11 is 0. The first kappa shape index (κ1) is 16.8. The molecule has 0 saturated heterocycles. The fourth-order valence-electron chi connectivity index (χ4n) is 6.38. The molecule has 6 aromatic rings. The minimum absolute atomic E-state index is 1.02. The zero-order valence-electron chi connectivity index (χ0n) is 17.7. The molecule has 2 aliphatic rings. The van der Waals surface area contributed by atoms with E-state index in [1.165, 1.54) is 76.8 Å². The van der Waals surface area contributed by atoms with Crippen LogP contribution in [0, 0.1) is 0 Å². The molecular formula is C32H20. The Hall–Kier alpha value is -3.90. The van der Waals surface area contributed by atoms with Crippen molar-refractivity contribution >= 4 is 32.3 Å². The average Bonchev–Trinajstić information content (AvgIpc) is 3.42. The molecule has 6 aromatic carbocycles. The molecule has 2 aliphatic carbocycles. The Morgan fingerprint density at radius 2 is 1.00 bits per heavy atom. The van der Waals surface area contributed by atoms with Crippen LogP contribution in [0.2, 0.25) is 0 Å². The molecule has 0 aliphatic heterocycles. The molecule has 0 unspecified atom stereocenters. The minimum atomic E-state index is 1.02. The molecule has 148 valence electrons. The Bertz CT molecular complexity index is 1770. The van der Waals surface area contributed by atoms with Crippen molar-refractivity contribution in [3.05, 3.63) is 119 Å². The highest BCUT2D eigenvalue weighted by Gasteiger charge is 2.27. The van der Waals surface area contributed by atoms with Crippen LogP contribution in [0.3, 0.4) is 0 Å². The number of hydrogen-bond donors (Lipinski definition) is 0. The third-order valence-corrected chi connectivity index (χ3v) is 7.70. The standard InChI is InChI=1S/C32H20/c1-3-9-22-20(8-1)18-29-26(22)15-16-27-24-11-5-6-12-25(24)28-14-13-21-17-19-7-2-4-10-23(19)30(21)32(28)31(27)29/h1-16H,17-18H2. The second kappa shape index (κ2) is 5.87. The lowest BCUT2D eigenvalue weighted by Crippen LogP contribution is -1.92. The number of fused-ring (bicyclic) bond motifs is 14. The van der Waals surface area contributed by atoms with Gasteiger partial charge in [0.2, 0.25) is 0 Å². The summed E-state index contributed by atoms with van der Waals surface area (Å²) in [4.78, 5) is 0. The topological polar surface area (TPSA) is 0 Å². The first-order valence-electron chi connectivity index (χ1n) is 11.5. The largest absolute Gasteiger partial charge is 0.0619 e. The highest BCUT2D eigenvalue weighted by atomic mass is 14.3. The molecule has 0 N–H and O–H groups in total. The summed E-state index contributed by atoms with van der Waals surface area (Å²) in [5.74, 6) is 0. The van der Waals surface area contributed by atoms with Crippen molar-refractivity contribution in [3.8, 4) is 22.3 Å². The number of benzene rings is 6. The maximum absolute atomic E-state index is 2.38. The van der Waals surface area contributed by atoms with Gasteiger partial charge in [-0.1, -0.05) is 97.1 Å². The van der Waals surface area contributed by atoms with Crippen molar-refractivity contribution < 1.29 is 0 Å².